The van der Waals surface area contributed by atoms with Gasteiger partial charge in [-0.1, -0.05) is 24.6 Å². The van der Waals surface area contributed by atoms with E-state index in [0.717, 1.165) is 19.4 Å². The number of hydrogen-bond donors (Lipinski definition) is 2. The second-order valence-corrected chi connectivity index (χ2v) is 4.87. The van der Waals surface area contributed by atoms with Crippen LogP contribution >= 0.6 is 11.8 Å². The van der Waals surface area contributed by atoms with E-state index in [9.17, 15) is 5.11 Å². The predicted octanol–water partition coefficient (Wildman–Crippen LogP) is 1.57. The molecule has 0 amide bonds. The predicted molar refractivity (Wildman–Crippen MR) is 67.1 cm³/mol. The number of nitriles is 1. The fraction of sp³-hybridized carbons (Fsp3) is 0.818. The molecule has 2 atom stereocenters. The maximum absolute atomic E-state index is 9.27. The zero-order valence-corrected chi connectivity index (χ0v) is 10.5. The summed E-state index contributed by atoms with van der Waals surface area (Å²) in [6, 6.07) is 0. The molecule has 1 saturated carbocycles. The molecule has 0 saturated heterocycles. The Hall–Kier alpha value is -0.730. The Morgan fingerprint density at radius 2 is 2.19 bits per heavy atom. The number of nitrogens with one attached hydrogen (secondary N) is 1. The zero-order chi connectivity index (χ0) is 11.8. The molecule has 0 aromatic rings. The zero-order valence-electron chi connectivity index (χ0n) is 9.65. The van der Waals surface area contributed by atoms with Crippen molar-refractivity contribution in [3.8, 4) is 6.19 Å². The molecule has 90 valence electrons. The van der Waals surface area contributed by atoms with Gasteiger partial charge in [-0.3, -0.25) is 10.3 Å². The molecule has 0 bridgehead atoms. The Morgan fingerprint density at radius 1 is 1.50 bits per heavy atom. The molecule has 16 heavy (non-hydrogen) atoms. The highest BCUT2D eigenvalue weighted by molar-refractivity contribution is 8.13. The van der Waals surface area contributed by atoms with Gasteiger partial charge in [0, 0.05) is 13.2 Å². The van der Waals surface area contributed by atoms with Crippen molar-refractivity contribution in [3.63, 3.8) is 0 Å². The maximum atomic E-state index is 9.27. The van der Waals surface area contributed by atoms with E-state index in [1.54, 1.807) is 0 Å². The summed E-state index contributed by atoms with van der Waals surface area (Å²) in [6.07, 6.45) is 8.48. The van der Waals surface area contributed by atoms with Crippen molar-refractivity contribution in [2.24, 2.45) is 16.8 Å². The first kappa shape index (κ1) is 13.3. The molecule has 0 aliphatic heterocycles. The van der Waals surface area contributed by atoms with Crippen molar-refractivity contribution in [2.75, 3.05) is 19.4 Å². The number of thioether (sulfide) groups is 1. The summed E-state index contributed by atoms with van der Waals surface area (Å²) in [7, 11) is 0. The van der Waals surface area contributed by atoms with E-state index >= 15 is 0 Å². The second kappa shape index (κ2) is 7.53. The molecule has 1 aliphatic carbocycles. The quantitative estimate of drug-likeness (QED) is 0.341. The Kier molecular flexibility index (Phi) is 6.27. The van der Waals surface area contributed by atoms with Crippen LogP contribution in [0.2, 0.25) is 0 Å². The standard InChI is InChI=1S/C11H19N3OS/c1-16-11(14-8-12)13-6-9-4-2-3-5-10(9)7-15/h9-10,15H,2-7H2,1H3,(H,13,14). The van der Waals surface area contributed by atoms with E-state index in [1.165, 1.54) is 24.6 Å². The summed E-state index contributed by atoms with van der Waals surface area (Å²) in [5.41, 5.74) is 0. The summed E-state index contributed by atoms with van der Waals surface area (Å²) in [6.45, 7) is 0.983. The Labute approximate surface area is 101 Å². The van der Waals surface area contributed by atoms with Gasteiger partial charge in [0.15, 0.2) is 11.4 Å². The van der Waals surface area contributed by atoms with Crippen molar-refractivity contribution in [1.29, 1.82) is 5.26 Å². The van der Waals surface area contributed by atoms with Crippen LogP contribution in [0.15, 0.2) is 4.99 Å². The number of aliphatic hydroxyl groups excluding tert-OH is 1. The van der Waals surface area contributed by atoms with Crippen LogP contribution in [0.3, 0.4) is 0 Å². The van der Waals surface area contributed by atoms with Crippen LogP contribution in [-0.4, -0.2) is 29.7 Å². The Morgan fingerprint density at radius 3 is 2.75 bits per heavy atom. The molecule has 1 rings (SSSR count). The number of aliphatic imine (C=N–C) groups is 1. The van der Waals surface area contributed by atoms with Crippen LogP contribution in [0, 0.1) is 23.3 Å². The smallest absolute Gasteiger partial charge is 0.183 e. The maximum Gasteiger partial charge on any atom is 0.183 e. The minimum Gasteiger partial charge on any atom is -0.396 e. The highest BCUT2D eigenvalue weighted by Gasteiger charge is 2.24. The first-order chi connectivity index (χ1) is 7.81. The summed E-state index contributed by atoms with van der Waals surface area (Å²) in [5, 5.41) is 21.0. The van der Waals surface area contributed by atoms with E-state index in [0.29, 0.717) is 17.0 Å². The van der Waals surface area contributed by atoms with Gasteiger partial charge < -0.3 is 5.11 Å². The van der Waals surface area contributed by atoms with Crippen LogP contribution in [0.4, 0.5) is 0 Å². The largest absolute Gasteiger partial charge is 0.396 e. The first-order valence-electron chi connectivity index (χ1n) is 5.66. The monoisotopic (exact) mass is 241 g/mol. The number of nitrogens with zero attached hydrogens (tertiary/aromatic N) is 2. The minimum absolute atomic E-state index is 0.264. The van der Waals surface area contributed by atoms with E-state index in [-0.39, 0.29) is 6.61 Å². The van der Waals surface area contributed by atoms with Crippen molar-refractivity contribution in [2.45, 2.75) is 25.7 Å². The Balaban J connectivity index is 2.48. The molecule has 2 N–H and O–H groups in total. The van der Waals surface area contributed by atoms with Gasteiger partial charge in [0.05, 0.1) is 0 Å². The van der Waals surface area contributed by atoms with Crippen LogP contribution in [0.1, 0.15) is 25.7 Å². The van der Waals surface area contributed by atoms with Gasteiger partial charge in [-0.05, 0) is 30.9 Å². The van der Waals surface area contributed by atoms with Gasteiger partial charge in [0.2, 0.25) is 0 Å². The third kappa shape index (κ3) is 4.03. The molecule has 1 fully saturated rings. The fourth-order valence-electron chi connectivity index (χ4n) is 2.17. The molecule has 0 radical (unpaired) electrons. The number of aliphatic hydroxyl groups is 1. The lowest BCUT2D eigenvalue weighted by Crippen LogP contribution is -2.26. The summed E-state index contributed by atoms with van der Waals surface area (Å²) in [4.78, 5) is 4.39. The molecule has 4 nitrogen and oxygen atoms in total. The second-order valence-electron chi connectivity index (χ2n) is 4.07. The van der Waals surface area contributed by atoms with Crippen LogP contribution in [-0.2, 0) is 0 Å². The van der Waals surface area contributed by atoms with Crippen LogP contribution < -0.4 is 5.32 Å². The normalized spacial score (nSPS) is 26.2. The van der Waals surface area contributed by atoms with Crippen LogP contribution in [0.25, 0.3) is 0 Å². The summed E-state index contributed by atoms with van der Waals surface area (Å²) >= 11 is 1.45. The number of amidine groups is 1. The lowest BCUT2D eigenvalue weighted by atomic mass is 9.80. The average Bonchev–Trinajstić information content (AvgIpc) is 2.34. The molecule has 5 heteroatoms. The molecule has 0 aromatic heterocycles. The molecule has 1 aliphatic rings. The average molecular weight is 241 g/mol. The van der Waals surface area contributed by atoms with E-state index < -0.39 is 0 Å². The highest BCUT2D eigenvalue weighted by Crippen LogP contribution is 2.29. The lowest BCUT2D eigenvalue weighted by molar-refractivity contribution is 0.139. The van der Waals surface area contributed by atoms with Crippen LogP contribution in [0.5, 0.6) is 0 Å². The van der Waals surface area contributed by atoms with Gasteiger partial charge in [-0.2, -0.15) is 5.26 Å². The molecule has 0 aromatic carbocycles. The number of rotatable bonds is 3. The van der Waals surface area contributed by atoms with Gasteiger partial charge in [-0.25, -0.2) is 0 Å². The molecule has 2 unspecified atom stereocenters. The van der Waals surface area contributed by atoms with Gasteiger partial charge in [-0.15, -0.1) is 0 Å². The van der Waals surface area contributed by atoms with E-state index in [2.05, 4.69) is 10.3 Å². The topological polar surface area (TPSA) is 68.4 Å². The molecular formula is C11H19N3OS. The fourth-order valence-corrected chi connectivity index (χ4v) is 2.52. The van der Waals surface area contributed by atoms with Gasteiger partial charge in [0.25, 0.3) is 0 Å². The minimum atomic E-state index is 0.264. The lowest BCUT2D eigenvalue weighted by Gasteiger charge is -2.28. The van der Waals surface area contributed by atoms with Crippen molar-refractivity contribution >= 4 is 16.9 Å². The summed E-state index contributed by atoms with van der Waals surface area (Å²) < 4.78 is 0. The van der Waals surface area contributed by atoms with E-state index in [1.807, 2.05) is 12.4 Å². The third-order valence-electron chi connectivity index (χ3n) is 3.13. The van der Waals surface area contributed by atoms with Crippen molar-refractivity contribution in [3.05, 3.63) is 0 Å². The Bertz CT molecular complexity index is 275. The van der Waals surface area contributed by atoms with Crippen molar-refractivity contribution in [1.82, 2.24) is 5.32 Å². The van der Waals surface area contributed by atoms with E-state index in [4.69, 9.17) is 5.26 Å². The summed E-state index contributed by atoms with van der Waals surface area (Å²) in [5.74, 6) is 0.865. The SMILES string of the molecule is CSC(=NCC1CCCCC1CO)NC#N. The first-order valence-corrected chi connectivity index (χ1v) is 6.88. The third-order valence-corrected chi connectivity index (χ3v) is 3.74. The van der Waals surface area contributed by atoms with Gasteiger partial charge >= 0.3 is 0 Å². The molecule has 0 heterocycles. The molecular weight excluding hydrogens is 222 g/mol. The number of hydrogen-bond acceptors (Lipinski definition) is 4. The van der Waals surface area contributed by atoms with Gasteiger partial charge in [0.1, 0.15) is 0 Å². The highest BCUT2D eigenvalue weighted by atomic mass is 32.2. The molecule has 0 spiro atoms. The van der Waals surface area contributed by atoms with Crippen molar-refractivity contribution < 1.29 is 5.11 Å².